The van der Waals surface area contributed by atoms with Crippen LogP contribution in [0.4, 0.5) is 5.69 Å². The highest BCUT2D eigenvalue weighted by Crippen LogP contribution is 2.08. The predicted octanol–water partition coefficient (Wildman–Crippen LogP) is 0.0510. The van der Waals surface area contributed by atoms with Gasteiger partial charge in [-0.15, -0.1) is 0 Å². The van der Waals surface area contributed by atoms with E-state index in [1.54, 1.807) is 33.3 Å². The molecular formula is C11H18N4O2. The first-order chi connectivity index (χ1) is 7.95. The van der Waals surface area contributed by atoms with Gasteiger partial charge in [0.25, 0.3) is 5.91 Å². The van der Waals surface area contributed by atoms with Gasteiger partial charge in [0, 0.05) is 32.5 Å². The molecule has 17 heavy (non-hydrogen) atoms. The Morgan fingerprint density at radius 2 is 2.24 bits per heavy atom. The highest BCUT2D eigenvalue weighted by Gasteiger charge is 2.19. The highest BCUT2D eigenvalue weighted by molar-refractivity contribution is 5.93. The quantitative estimate of drug-likeness (QED) is 0.692. The molecule has 4 N–H and O–H groups in total. The Balaban J connectivity index is 2.62. The highest BCUT2D eigenvalue weighted by atomic mass is 16.2. The minimum Gasteiger partial charge on any atom is -0.397 e. The number of nitrogen functional groups attached to an aromatic ring is 1. The molecule has 1 atom stereocenters. The van der Waals surface area contributed by atoms with Crippen molar-refractivity contribution in [2.75, 3.05) is 26.4 Å². The molecule has 0 bridgehead atoms. The topological polar surface area (TPSA) is 91.2 Å². The lowest BCUT2D eigenvalue weighted by Gasteiger charge is -2.20. The van der Waals surface area contributed by atoms with Crippen molar-refractivity contribution in [1.82, 2.24) is 15.2 Å². The maximum atomic E-state index is 11.9. The summed E-state index contributed by atoms with van der Waals surface area (Å²) in [5.41, 5.74) is 6.46. The third-order valence-electron chi connectivity index (χ3n) is 2.52. The Bertz CT molecular complexity index is 413. The molecule has 1 aromatic heterocycles. The van der Waals surface area contributed by atoms with Crippen LogP contribution in [-0.4, -0.2) is 42.3 Å². The third-order valence-corrected chi connectivity index (χ3v) is 2.52. The predicted molar refractivity (Wildman–Crippen MR) is 65.4 cm³/mol. The first kappa shape index (κ1) is 13.1. The van der Waals surface area contributed by atoms with Gasteiger partial charge in [0.2, 0.25) is 5.91 Å². The van der Waals surface area contributed by atoms with Crippen LogP contribution in [0.15, 0.2) is 12.3 Å². The lowest BCUT2D eigenvalue weighted by atomic mass is 10.1. The number of carbonyl (C=O) groups is 2. The van der Waals surface area contributed by atoms with Gasteiger partial charge in [-0.3, -0.25) is 9.59 Å². The Morgan fingerprint density at radius 1 is 1.59 bits per heavy atom. The molecule has 0 aliphatic rings. The Kier molecular flexibility index (Phi) is 4.14. The van der Waals surface area contributed by atoms with Crippen molar-refractivity contribution in [2.45, 2.75) is 6.92 Å². The number of anilines is 1. The van der Waals surface area contributed by atoms with Crippen molar-refractivity contribution in [3.63, 3.8) is 0 Å². The van der Waals surface area contributed by atoms with E-state index in [1.807, 2.05) is 0 Å². The minimum atomic E-state index is -0.249. The molecule has 2 amide bonds. The van der Waals surface area contributed by atoms with Gasteiger partial charge in [-0.05, 0) is 6.07 Å². The van der Waals surface area contributed by atoms with Gasteiger partial charge in [-0.25, -0.2) is 0 Å². The van der Waals surface area contributed by atoms with Crippen molar-refractivity contribution >= 4 is 17.5 Å². The number of aromatic nitrogens is 1. The van der Waals surface area contributed by atoms with E-state index in [9.17, 15) is 9.59 Å². The second-order valence-corrected chi connectivity index (χ2v) is 4.05. The average molecular weight is 238 g/mol. The fraction of sp³-hybridized carbons (Fsp3) is 0.455. The standard InChI is InChI=1S/C11H18N4O2/c1-7(10(16)13-2)6-15(3)11(17)9-4-8(12)5-14-9/h4-5,7,14H,6,12H2,1-3H3,(H,13,16). The SMILES string of the molecule is CNC(=O)C(C)CN(C)C(=O)c1cc(N)c[nH]1. The molecule has 0 aliphatic heterocycles. The zero-order valence-electron chi connectivity index (χ0n) is 10.3. The van der Waals surface area contributed by atoms with Crippen LogP contribution in [0, 0.1) is 5.92 Å². The summed E-state index contributed by atoms with van der Waals surface area (Å²) in [4.78, 5) is 27.5. The molecule has 6 nitrogen and oxygen atoms in total. The fourth-order valence-electron chi connectivity index (χ4n) is 1.56. The monoisotopic (exact) mass is 238 g/mol. The molecule has 0 radical (unpaired) electrons. The summed E-state index contributed by atoms with van der Waals surface area (Å²) in [7, 11) is 3.23. The second kappa shape index (κ2) is 5.38. The van der Waals surface area contributed by atoms with Crippen LogP contribution in [0.5, 0.6) is 0 Å². The first-order valence-corrected chi connectivity index (χ1v) is 5.36. The molecule has 0 saturated carbocycles. The fourth-order valence-corrected chi connectivity index (χ4v) is 1.56. The number of nitrogens with two attached hydrogens (primary N) is 1. The number of hydrogen-bond acceptors (Lipinski definition) is 3. The number of hydrogen-bond donors (Lipinski definition) is 3. The van der Waals surface area contributed by atoms with Gasteiger partial charge in [-0.2, -0.15) is 0 Å². The summed E-state index contributed by atoms with van der Waals surface area (Å²) in [5, 5.41) is 2.55. The molecular weight excluding hydrogens is 220 g/mol. The summed E-state index contributed by atoms with van der Waals surface area (Å²) in [6, 6.07) is 1.57. The van der Waals surface area contributed by atoms with Crippen LogP contribution < -0.4 is 11.1 Å². The van der Waals surface area contributed by atoms with Gasteiger partial charge in [0.05, 0.1) is 5.92 Å². The molecule has 1 heterocycles. The van der Waals surface area contributed by atoms with Crippen molar-refractivity contribution in [3.8, 4) is 0 Å². The van der Waals surface area contributed by atoms with Crippen molar-refractivity contribution < 1.29 is 9.59 Å². The van der Waals surface area contributed by atoms with Crippen LogP contribution in [0.3, 0.4) is 0 Å². The number of rotatable bonds is 4. The van der Waals surface area contributed by atoms with Gasteiger partial charge in [-0.1, -0.05) is 6.92 Å². The lowest BCUT2D eigenvalue weighted by Crippen LogP contribution is -2.37. The van der Waals surface area contributed by atoms with Gasteiger partial charge in [0.1, 0.15) is 5.69 Å². The molecule has 0 saturated heterocycles. The normalized spacial score (nSPS) is 11.9. The smallest absolute Gasteiger partial charge is 0.270 e. The number of nitrogens with one attached hydrogen (secondary N) is 2. The number of aromatic amines is 1. The molecule has 94 valence electrons. The van der Waals surface area contributed by atoms with E-state index < -0.39 is 0 Å². The molecule has 1 unspecified atom stereocenters. The van der Waals surface area contributed by atoms with Crippen LogP contribution in [0.1, 0.15) is 17.4 Å². The van der Waals surface area contributed by atoms with E-state index >= 15 is 0 Å². The zero-order valence-corrected chi connectivity index (χ0v) is 10.3. The Labute approximate surface area is 100 Å². The first-order valence-electron chi connectivity index (χ1n) is 5.36. The maximum Gasteiger partial charge on any atom is 0.270 e. The third kappa shape index (κ3) is 3.24. The molecule has 0 aromatic carbocycles. The van der Waals surface area contributed by atoms with Crippen LogP contribution >= 0.6 is 0 Å². The zero-order chi connectivity index (χ0) is 13.0. The van der Waals surface area contributed by atoms with Gasteiger partial charge < -0.3 is 20.9 Å². The van der Waals surface area contributed by atoms with Crippen LogP contribution in [0.25, 0.3) is 0 Å². The van der Waals surface area contributed by atoms with Gasteiger partial charge >= 0.3 is 0 Å². The summed E-state index contributed by atoms with van der Waals surface area (Å²) >= 11 is 0. The van der Waals surface area contributed by atoms with Crippen molar-refractivity contribution in [1.29, 1.82) is 0 Å². The largest absolute Gasteiger partial charge is 0.397 e. The molecule has 1 rings (SSSR count). The van der Waals surface area contributed by atoms with Crippen LogP contribution in [0.2, 0.25) is 0 Å². The summed E-state index contributed by atoms with van der Waals surface area (Å²) in [6.45, 7) is 2.13. The van der Waals surface area contributed by atoms with Gasteiger partial charge in [0.15, 0.2) is 0 Å². The molecule has 0 aliphatic carbocycles. The van der Waals surface area contributed by atoms with E-state index in [-0.39, 0.29) is 17.7 Å². The van der Waals surface area contributed by atoms with E-state index in [1.165, 1.54) is 4.90 Å². The van der Waals surface area contributed by atoms with Crippen molar-refractivity contribution in [3.05, 3.63) is 18.0 Å². The van der Waals surface area contributed by atoms with E-state index in [4.69, 9.17) is 5.73 Å². The number of carbonyl (C=O) groups excluding carboxylic acids is 2. The van der Waals surface area contributed by atoms with E-state index in [0.717, 1.165) is 0 Å². The maximum absolute atomic E-state index is 11.9. The number of amides is 2. The number of H-pyrrole nitrogens is 1. The number of nitrogens with zero attached hydrogens (tertiary/aromatic N) is 1. The Morgan fingerprint density at radius 3 is 2.71 bits per heavy atom. The van der Waals surface area contributed by atoms with Crippen LogP contribution in [-0.2, 0) is 4.79 Å². The molecule has 1 aromatic rings. The summed E-state index contributed by atoms with van der Waals surface area (Å²) < 4.78 is 0. The summed E-state index contributed by atoms with van der Waals surface area (Å²) in [6.07, 6.45) is 1.56. The van der Waals surface area contributed by atoms with Crippen molar-refractivity contribution in [2.24, 2.45) is 5.92 Å². The minimum absolute atomic E-state index is 0.0874. The molecule has 6 heteroatoms. The summed E-state index contributed by atoms with van der Waals surface area (Å²) in [5.74, 6) is -0.519. The van der Waals surface area contributed by atoms with E-state index in [0.29, 0.717) is 17.9 Å². The van der Waals surface area contributed by atoms with E-state index in [2.05, 4.69) is 10.3 Å². The molecule has 0 spiro atoms. The lowest BCUT2D eigenvalue weighted by molar-refractivity contribution is -0.124. The second-order valence-electron chi connectivity index (χ2n) is 4.05. The Hall–Kier alpha value is -1.98. The molecule has 0 fully saturated rings. The average Bonchev–Trinajstić information content (AvgIpc) is 2.73.